The Labute approximate surface area is 195 Å². The maximum Gasteiger partial charge on any atom is 0.267 e. The number of likely N-dealkylation sites (tertiary alicyclic amines) is 1. The predicted molar refractivity (Wildman–Crippen MR) is 125 cm³/mol. The number of primary amides is 1. The lowest BCUT2D eigenvalue weighted by atomic mass is 9.62. The number of aliphatic hydroxyl groups is 1. The molecule has 5 rings (SSSR count). The fourth-order valence-electron chi connectivity index (χ4n) is 6.59. The highest BCUT2D eigenvalue weighted by molar-refractivity contribution is 5.90. The molecule has 1 unspecified atom stereocenters. The van der Waals surface area contributed by atoms with E-state index in [9.17, 15) is 9.90 Å². The quantitative estimate of drug-likeness (QED) is 0.720. The number of nitrogens with zero attached hydrogens (tertiary/aromatic N) is 2. The first-order chi connectivity index (χ1) is 14.9. The van der Waals surface area contributed by atoms with Crippen LogP contribution in [0.15, 0.2) is 42.6 Å². The Morgan fingerprint density at radius 1 is 1.19 bits per heavy atom. The van der Waals surface area contributed by atoms with E-state index in [2.05, 4.69) is 34.1 Å². The van der Waals surface area contributed by atoms with Gasteiger partial charge >= 0.3 is 0 Å². The van der Waals surface area contributed by atoms with Crippen molar-refractivity contribution in [1.82, 2.24) is 9.88 Å². The minimum absolute atomic E-state index is 0. The van der Waals surface area contributed by atoms with Crippen molar-refractivity contribution < 1.29 is 14.6 Å². The SMILES string of the molecule is COC1(c2ccnc(C(N)=O)c2)[C@@H]2CCC[C@H]1CN(CC1(O)Cc3ccccc3C1)C2.Cl. The minimum atomic E-state index is -0.707. The zero-order valence-electron chi connectivity index (χ0n) is 18.5. The third kappa shape index (κ3) is 3.83. The van der Waals surface area contributed by atoms with E-state index in [0.29, 0.717) is 18.4 Å². The number of rotatable bonds is 5. The van der Waals surface area contributed by atoms with Crippen LogP contribution in [0, 0.1) is 11.8 Å². The number of carbonyl (C=O) groups excluding carboxylic acids is 1. The maximum atomic E-state index is 11.7. The third-order valence-corrected chi connectivity index (χ3v) is 7.75. The molecule has 1 aliphatic heterocycles. The molecule has 1 amide bonds. The molecule has 2 fully saturated rings. The number of aromatic nitrogens is 1. The Bertz CT molecular complexity index is 959. The highest BCUT2D eigenvalue weighted by Crippen LogP contribution is 2.51. The lowest BCUT2D eigenvalue weighted by Gasteiger charge is -2.56. The average Bonchev–Trinajstić information content (AvgIpc) is 3.08. The molecule has 1 aromatic heterocycles. The summed E-state index contributed by atoms with van der Waals surface area (Å²) < 4.78 is 6.29. The van der Waals surface area contributed by atoms with Gasteiger partial charge in [0, 0.05) is 57.6 Å². The number of fused-ring (bicyclic) bond motifs is 3. The summed E-state index contributed by atoms with van der Waals surface area (Å²) in [6, 6.07) is 12.2. The van der Waals surface area contributed by atoms with E-state index in [4.69, 9.17) is 10.5 Å². The Balaban J connectivity index is 0.00000245. The van der Waals surface area contributed by atoms with Crippen molar-refractivity contribution in [3.05, 3.63) is 65.0 Å². The summed E-state index contributed by atoms with van der Waals surface area (Å²) in [7, 11) is 1.78. The van der Waals surface area contributed by atoms with Crippen LogP contribution in [0.5, 0.6) is 0 Å². The highest BCUT2D eigenvalue weighted by Gasteiger charge is 2.54. The number of methoxy groups -OCH3 is 1. The molecule has 7 heteroatoms. The second-order valence-electron chi connectivity index (χ2n) is 9.66. The number of hydrogen-bond acceptors (Lipinski definition) is 5. The summed E-state index contributed by atoms with van der Waals surface area (Å²) >= 11 is 0. The van der Waals surface area contributed by atoms with Gasteiger partial charge in [0.1, 0.15) is 11.3 Å². The molecule has 3 N–H and O–H groups in total. The van der Waals surface area contributed by atoms with Gasteiger partial charge in [-0.05, 0) is 41.7 Å². The summed E-state index contributed by atoms with van der Waals surface area (Å²) in [5, 5.41) is 11.4. The third-order valence-electron chi connectivity index (χ3n) is 7.75. The van der Waals surface area contributed by atoms with Crippen molar-refractivity contribution >= 4 is 18.3 Å². The van der Waals surface area contributed by atoms with Crippen molar-refractivity contribution in [2.75, 3.05) is 26.7 Å². The number of pyridine rings is 1. The van der Waals surface area contributed by atoms with Crippen LogP contribution >= 0.6 is 12.4 Å². The van der Waals surface area contributed by atoms with Gasteiger partial charge in [-0.1, -0.05) is 30.7 Å². The number of hydrogen-bond donors (Lipinski definition) is 2. The topological polar surface area (TPSA) is 88.7 Å². The van der Waals surface area contributed by atoms with E-state index in [-0.39, 0.29) is 18.1 Å². The number of benzene rings is 1. The molecule has 1 saturated heterocycles. The fourth-order valence-corrected chi connectivity index (χ4v) is 6.59. The number of β-amino-alcohol motifs (C(OH)–C–C–N with tert-alkyl or cyclic N) is 1. The molecule has 0 spiro atoms. The fraction of sp³-hybridized carbons (Fsp3) is 0.520. The summed E-state index contributed by atoms with van der Waals surface area (Å²) in [4.78, 5) is 18.3. The zero-order chi connectivity index (χ0) is 21.6. The van der Waals surface area contributed by atoms with E-state index in [1.165, 1.54) is 17.5 Å². The Morgan fingerprint density at radius 2 is 1.81 bits per heavy atom. The van der Waals surface area contributed by atoms with Gasteiger partial charge in [-0.25, -0.2) is 0 Å². The van der Waals surface area contributed by atoms with Gasteiger partial charge in [0.2, 0.25) is 0 Å². The van der Waals surface area contributed by atoms with Gasteiger partial charge in [0.15, 0.2) is 0 Å². The normalized spacial score (nSPS) is 28.6. The zero-order valence-corrected chi connectivity index (χ0v) is 19.3. The molecule has 32 heavy (non-hydrogen) atoms. The van der Waals surface area contributed by atoms with Crippen LogP contribution in [0.4, 0.5) is 0 Å². The molecule has 3 aliphatic rings. The lowest BCUT2D eigenvalue weighted by Crippen LogP contribution is -2.61. The molecule has 2 heterocycles. The van der Waals surface area contributed by atoms with Crippen LogP contribution in [0.1, 0.15) is 46.4 Å². The van der Waals surface area contributed by atoms with Gasteiger partial charge in [0.05, 0.1) is 5.60 Å². The lowest BCUT2D eigenvalue weighted by molar-refractivity contribution is -0.175. The number of halogens is 1. The van der Waals surface area contributed by atoms with Crippen LogP contribution in [0.2, 0.25) is 0 Å². The van der Waals surface area contributed by atoms with Crippen LogP contribution < -0.4 is 5.73 Å². The Kier molecular flexibility index (Phi) is 6.34. The second-order valence-corrected chi connectivity index (χ2v) is 9.66. The summed E-state index contributed by atoms with van der Waals surface area (Å²) in [6.07, 6.45) is 6.41. The standard InChI is InChI=1S/C25H31N3O3.ClH/c1-31-25(19-9-10-27-22(11-19)23(26)29)20-7-4-8-21(25)15-28(14-20)16-24(30)12-17-5-2-3-6-18(17)13-24;/h2-3,5-6,9-11,20-21,30H,4,7-8,12-16H2,1H3,(H2,26,29);1H/t20-,21+,25?;. The van der Waals surface area contributed by atoms with Crippen LogP contribution in [0.25, 0.3) is 0 Å². The van der Waals surface area contributed by atoms with Crippen molar-refractivity contribution in [2.45, 2.75) is 43.3 Å². The number of piperidine rings is 1. The van der Waals surface area contributed by atoms with E-state index in [1.807, 2.05) is 12.1 Å². The van der Waals surface area contributed by atoms with Crippen LogP contribution in [-0.2, 0) is 23.2 Å². The molecule has 2 bridgehead atoms. The number of ether oxygens (including phenoxy) is 1. The molecule has 3 atom stereocenters. The van der Waals surface area contributed by atoms with Crippen LogP contribution in [0.3, 0.4) is 0 Å². The minimum Gasteiger partial charge on any atom is -0.388 e. The van der Waals surface area contributed by atoms with Crippen molar-refractivity contribution in [1.29, 1.82) is 0 Å². The van der Waals surface area contributed by atoms with E-state index < -0.39 is 17.1 Å². The van der Waals surface area contributed by atoms with Crippen molar-refractivity contribution in [3.63, 3.8) is 0 Å². The second kappa shape index (κ2) is 8.75. The van der Waals surface area contributed by atoms with E-state index >= 15 is 0 Å². The molecule has 172 valence electrons. The summed E-state index contributed by atoms with van der Waals surface area (Å²) in [6.45, 7) is 2.42. The maximum absolute atomic E-state index is 11.7. The largest absolute Gasteiger partial charge is 0.388 e. The molecular weight excluding hydrogens is 426 g/mol. The summed E-state index contributed by atoms with van der Waals surface area (Å²) in [5.41, 5.74) is 8.17. The number of nitrogens with two attached hydrogens (primary N) is 1. The van der Waals surface area contributed by atoms with Gasteiger partial charge in [0.25, 0.3) is 5.91 Å². The molecule has 2 aromatic rings. The monoisotopic (exact) mass is 457 g/mol. The number of carbonyl (C=O) groups is 1. The molecular formula is C25H32ClN3O3. The molecule has 6 nitrogen and oxygen atoms in total. The van der Waals surface area contributed by atoms with Gasteiger partial charge < -0.3 is 15.6 Å². The van der Waals surface area contributed by atoms with E-state index in [0.717, 1.165) is 44.3 Å². The molecule has 1 saturated carbocycles. The van der Waals surface area contributed by atoms with Gasteiger partial charge in [-0.2, -0.15) is 0 Å². The molecule has 1 aromatic carbocycles. The van der Waals surface area contributed by atoms with Crippen LogP contribution in [-0.4, -0.2) is 53.2 Å². The highest BCUT2D eigenvalue weighted by atomic mass is 35.5. The van der Waals surface area contributed by atoms with Gasteiger partial charge in [-0.15, -0.1) is 12.4 Å². The first-order valence-electron chi connectivity index (χ1n) is 11.3. The van der Waals surface area contributed by atoms with Gasteiger partial charge in [-0.3, -0.25) is 14.7 Å². The molecule has 0 radical (unpaired) electrons. The number of amides is 1. The first-order valence-corrected chi connectivity index (χ1v) is 11.3. The predicted octanol–water partition coefficient (Wildman–Crippen LogP) is 2.71. The first kappa shape index (κ1) is 23.2. The van der Waals surface area contributed by atoms with Crippen molar-refractivity contribution in [2.24, 2.45) is 17.6 Å². The smallest absolute Gasteiger partial charge is 0.267 e. The summed E-state index contributed by atoms with van der Waals surface area (Å²) in [5.74, 6) is 0.0692. The molecule has 2 aliphatic carbocycles. The average molecular weight is 458 g/mol. The Hall–Kier alpha value is -1.99. The van der Waals surface area contributed by atoms with Crippen molar-refractivity contribution in [3.8, 4) is 0 Å². The van der Waals surface area contributed by atoms with E-state index in [1.54, 1.807) is 13.3 Å². The Morgan fingerprint density at radius 3 is 2.38 bits per heavy atom.